The molecule has 0 aromatic heterocycles. The van der Waals surface area contributed by atoms with E-state index in [0.717, 1.165) is 76.1 Å². The highest BCUT2D eigenvalue weighted by Crippen LogP contribution is 2.35. The van der Waals surface area contributed by atoms with E-state index in [0.29, 0.717) is 21.9 Å². The maximum atomic E-state index is 13.4. The third kappa shape index (κ3) is 7.02. The van der Waals surface area contributed by atoms with Gasteiger partial charge in [-0.3, -0.25) is 4.90 Å². The lowest BCUT2D eigenvalue weighted by Crippen LogP contribution is -2.33. The molecule has 0 amide bonds. The zero-order valence-corrected chi connectivity index (χ0v) is 20.9. The number of halogens is 4. The fraction of sp³-hybridized carbons (Fsp3) is 0.481. The fourth-order valence-corrected chi connectivity index (χ4v) is 5.40. The van der Waals surface area contributed by atoms with Crippen molar-refractivity contribution in [3.63, 3.8) is 0 Å². The van der Waals surface area contributed by atoms with Crippen LogP contribution in [0.5, 0.6) is 0 Å². The van der Waals surface area contributed by atoms with Gasteiger partial charge in [0.25, 0.3) is 0 Å². The molecule has 0 saturated carbocycles. The number of rotatable bonds is 5. The lowest BCUT2D eigenvalue weighted by molar-refractivity contribution is 0.222. The third-order valence-electron chi connectivity index (χ3n) is 6.85. The number of likely N-dealkylation sites (tertiary alicyclic amines) is 2. The van der Waals surface area contributed by atoms with Gasteiger partial charge in [0, 0.05) is 6.54 Å². The first-order valence-corrected chi connectivity index (χ1v) is 12.6. The summed E-state index contributed by atoms with van der Waals surface area (Å²) >= 11 is 12.0. The molecule has 2 aliphatic rings. The van der Waals surface area contributed by atoms with E-state index < -0.39 is 0 Å². The summed E-state index contributed by atoms with van der Waals surface area (Å²) in [6, 6.07) is 10.2. The SMILES string of the molecule is C=CCN1CCC(c2cccc(F)c2Cl)CC1.CCN1CCC(c2cccc(F)c2Cl)CC1. The summed E-state index contributed by atoms with van der Waals surface area (Å²) in [6.07, 6.45) is 6.16. The van der Waals surface area contributed by atoms with Crippen LogP contribution >= 0.6 is 23.2 Å². The molecule has 4 rings (SSSR count). The first kappa shape index (κ1) is 26.2. The number of nitrogens with zero attached hydrogens (tertiary/aromatic N) is 2. The molecule has 2 nitrogen and oxygen atoms in total. The minimum atomic E-state index is -0.308. The minimum Gasteiger partial charge on any atom is -0.304 e. The largest absolute Gasteiger partial charge is 0.304 e. The van der Waals surface area contributed by atoms with Crippen LogP contribution in [0.2, 0.25) is 10.0 Å². The highest BCUT2D eigenvalue weighted by Gasteiger charge is 2.23. The lowest BCUT2D eigenvalue weighted by atomic mass is 9.89. The Kier molecular flexibility index (Phi) is 10.2. The molecule has 2 aliphatic heterocycles. The van der Waals surface area contributed by atoms with Crippen molar-refractivity contribution in [1.82, 2.24) is 9.80 Å². The van der Waals surface area contributed by atoms with Crippen LogP contribution in [0, 0.1) is 11.6 Å². The molecule has 33 heavy (non-hydrogen) atoms. The number of hydrogen-bond donors (Lipinski definition) is 0. The van der Waals surface area contributed by atoms with Gasteiger partial charge in [-0.05, 0) is 93.5 Å². The monoisotopic (exact) mass is 494 g/mol. The smallest absolute Gasteiger partial charge is 0.142 e. The molecule has 0 bridgehead atoms. The fourth-order valence-electron chi connectivity index (χ4n) is 4.84. The van der Waals surface area contributed by atoms with Crippen molar-refractivity contribution < 1.29 is 8.78 Å². The average Bonchev–Trinajstić information content (AvgIpc) is 2.84. The summed E-state index contributed by atoms with van der Waals surface area (Å²) < 4.78 is 26.7. The molecule has 0 atom stereocenters. The van der Waals surface area contributed by atoms with Gasteiger partial charge in [0.2, 0.25) is 0 Å². The van der Waals surface area contributed by atoms with E-state index in [1.807, 2.05) is 18.2 Å². The first-order valence-electron chi connectivity index (χ1n) is 11.9. The standard InChI is InChI=1S/C14H17ClFN.C13H17ClFN/c1-2-8-17-9-6-11(7-10-17)12-4-3-5-13(16)14(12)15;1-2-16-8-6-10(7-9-16)11-4-3-5-12(15)13(11)14/h2-5,11H,1,6-10H2;3-5,10H,2,6-9H2,1H3. The molecule has 2 aromatic carbocycles. The summed E-state index contributed by atoms with van der Waals surface area (Å²) in [7, 11) is 0. The molecule has 2 heterocycles. The van der Waals surface area contributed by atoms with Gasteiger partial charge in [-0.2, -0.15) is 0 Å². The van der Waals surface area contributed by atoms with Crippen LogP contribution < -0.4 is 0 Å². The van der Waals surface area contributed by atoms with Gasteiger partial charge >= 0.3 is 0 Å². The summed E-state index contributed by atoms with van der Waals surface area (Å²) in [4.78, 5) is 4.78. The Hall–Kier alpha value is -1.46. The Morgan fingerprint density at radius 3 is 1.64 bits per heavy atom. The van der Waals surface area contributed by atoms with Crippen molar-refractivity contribution >= 4 is 23.2 Å². The van der Waals surface area contributed by atoms with Gasteiger partial charge in [-0.25, -0.2) is 8.78 Å². The molecule has 0 N–H and O–H groups in total. The summed E-state index contributed by atoms with van der Waals surface area (Å²) in [5.41, 5.74) is 1.95. The Morgan fingerprint density at radius 1 is 0.818 bits per heavy atom. The van der Waals surface area contributed by atoms with Crippen LogP contribution in [0.25, 0.3) is 0 Å². The molecular weight excluding hydrogens is 461 g/mol. The second-order valence-electron chi connectivity index (χ2n) is 8.86. The van der Waals surface area contributed by atoms with Crippen LogP contribution in [-0.2, 0) is 0 Å². The van der Waals surface area contributed by atoms with E-state index in [9.17, 15) is 8.78 Å². The van der Waals surface area contributed by atoms with E-state index in [1.165, 1.54) is 12.1 Å². The molecule has 0 aliphatic carbocycles. The Bertz CT molecular complexity index is 905. The Balaban J connectivity index is 0.000000186. The zero-order chi connectivity index (χ0) is 23.8. The van der Waals surface area contributed by atoms with E-state index in [2.05, 4.69) is 23.3 Å². The van der Waals surface area contributed by atoms with Crippen LogP contribution in [0.15, 0.2) is 49.1 Å². The quantitative estimate of drug-likeness (QED) is 0.396. The van der Waals surface area contributed by atoms with Crippen LogP contribution in [0.4, 0.5) is 8.78 Å². The molecular formula is C27H34Cl2F2N2. The highest BCUT2D eigenvalue weighted by molar-refractivity contribution is 6.31. The van der Waals surface area contributed by atoms with Gasteiger partial charge in [-0.15, -0.1) is 6.58 Å². The maximum Gasteiger partial charge on any atom is 0.142 e. The Labute approximate surface area is 207 Å². The zero-order valence-electron chi connectivity index (χ0n) is 19.4. The summed E-state index contributed by atoms with van der Waals surface area (Å²) in [6.45, 7) is 12.2. The number of benzene rings is 2. The second-order valence-corrected chi connectivity index (χ2v) is 9.61. The molecule has 0 unspecified atom stereocenters. The molecule has 2 fully saturated rings. The van der Waals surface area contributed by atoms with Crippen molar-refractivity contribution in [2.75, 3.05) is 39.3 Å². The Morgan fingerprint density at radius 2 is 1.24 bits per heavy atom. The molecule has 2 saturated heterocycles. The van der Waals surface area contributed by atoms with Crippen molar-refractivity contribution in [2.24, 2.45) is 0 Å². The van der Waals surface area contributed by atoms with Gasteiger partial charge in [-0.1, -0.05) is 60.5 Å². The van der Waals surface area contributed by atoms with E-state index in [4.69, 9.17) is 23.2 Å². The predicted molar refractivity (Wildman–Crippen MR) is 136 cm³/mol. The topological polar surface area (TPSA) is 6.48 Å². The van der Waals surface area contributed by atoms with Crippen LogP contribution in [0.1, 0.15) is 55.6 Å². The number of hydrogen-bond acceptors (Lipinski definition) is 2. The summed E-state index contributed by atoms with van der Waals surface area (Å²) in [5, 5.41) is 0.618. The minimum absolute atomic E-state index is 0.294. The molecule has 180 valence electrons. The normalized spacial score (nSPS) is 18.6. The van der Waals surface area contributed by atoms with Gasteiger partial charge in [0.1, 0.15) is 11.6 Å². The van der Waals surface area contributed by atoms with Crippen LogP contribution in [-0.4, -0.2) is 49.1 Å². The third-order valence-corrected chi connectivity index (χ3v) is 7.65. The van der Waals surface area contributed by atoms with Crippen molar-refractivity contribution in [3.05, 3.63) is 81.9 Å². The molecule has 6 heteroatoms. The highest BCUT2D eigenvalue weighted by atomic mass is 35.5. The van der Waals surface area contributed by atoms with Crippen LogP contribution in [0.3, 0.4) is 0 Å². The average molecular weight is 495 g/mol. The van der Waals surface area contributed by atoms with Crippen molar-refractivity contribution in [2.45, 2.75) is 44.4 Å². The van der Waals surface area contributed by atoms with Crippen molar-refractivity contribution in [3.8, 4) is 0 Å². The van der Waals surface area contributed by atoms with Gasteiger partial charge < -0.3 is 4.90 Å². The van der Waals surface area contributed by atoms with E-state index in [-0.39, 0.29) is 11.6 Å². The predicted octanol–water partition coefficient (Wildman–Crippen LogP) is 7.52. The molecule has 0 spiro atoms. The van der Waals surface area contributed by atoms with Gasteiger partial charge in [0.15, 0.2) is 0 Å². The van der Waals surface area contributed by atoms with Crippen molar-refractivity contribution in [1.29, 1.82) is 0 Å². The second kappa shape index (κ2) is 12.9. The van der Waals surface area contributed by atoms with Gasteiger partial charge in [0.05, 0.1) is 10.0 Å². The lowest BCUT2D eigenvalue weighted by Gasteiger charge is -2.31. The molecule has 2 aromatic rings. The van der Waals surface area contributed by atoms with E-state index in [1.54, 1.807) is 12.1 Å². The summed E-state index contributed by atoms with van der Waals surface area (Å²) in [5.74, 6) is 0.208. The number of piperidine rings is 2. The maximum absolute atomic E-state index is 13.4. The van der Waals surface area contributed by atoms with E-state index >= 15 is 0 Å². The molecule has 0 radical (unpaired) electrons. The first-order chi connectivity index (χ1) is 15.9.